The highest BCUT2D eigenvalue weighted by molar-refractivity contribution is 5.69. The van der Waals surface area contributed by atoms with Crippen LogP contribution in [-0.4, -0.2) is 12.6 Å². The molecule has 2 heteroatoms. The molecule has 0 rings (SSSR count). The first-order valence-corrected chi connectivity index (χ1v) is 11.9. The van der Waals surface area contributed by atoms with E-state index in [0.29, 0.717) is 13.0 Å². The highest BCUT2D eigenvalue weighted by Gasteiger charge is 2.01. The van der Waals surface area contributed by atoms with Crippen molar-refractivity contribution < 1.29 is 9.53 Å². The fourth-order valence-electron chi connectivity index (χ4n) is 3.34. The van der Waals surface area contributed by atoms with E-state index >= 15 is 0 Å². The van der Waals surface area contributed by atoms with Gasteiger partial charge in [0.25, 0.3) is 0 Å². The summed E-state index contributed by atoms with van der Waals surface area (Å²) in [5.74, 6) is 0.922. The van der Waals surface area contributed by atoms with Crippen LogP contribution in [0.3, 0.4) is 0 Å². The smallest absolute Gasteiger partial charge is 0.305 e. The Bertz CT molecular complexity index is 288. The van der Waals surface area contributed by atoms with Crippen molar-refractivity contribution in [2.45, 2.75) is 136 Å². The summed E-state index contributed by atoms with van der Waals surface area (Å²) < 4.78 is 5.27. The van der Waals surface area contributed by atoms with Gasteiger partial charge in [-0.1, -0.05) is 117 Å². The molecule has 0 amide bonds. The average molecular weight is 369 g/mol. The molecule has 0 fully saturated rings. The summed E-state index contributed by atoms with van der Waals surface area (Å²) in [4.78, 5) is 11.5. The molecular formula is C24H48O2. The lowest BCUT2D eigenvalue weighted by molar-refractivity contribution is -0.143. The predicted octanol–water partition coefficient (Wildman–Crippen LogP) is 8.23. The largest absolute Gasteiger partial charge is 0.466 e. The lowest BCUT2D eigenvalue weighted by Crippen LogP contribution is -2.05. The van der Waals surface area contributed by atoms with E-state index in [1.54, 1.807) is 0 Å². The Morgan fingerprint density at radius 1 is 0.692 bits per heavy atom. The summed E-state index contributed by atoms with van der Waals surface area (Å²) in [6, 6.07) is 0. The molecule has 0 aliphatic rings. The number of esters is 1. The first-order chi connectivity index (χ1) is 12.7. The zero-order chi connectivity index (χ0) is 19.3. The number of hydrogen-bond donors (Lipinski definition) is 0. The van der Waals surface area contributed by atoms with Crippen LogP contribution in [0.4, 0.5) is 0 Å². The lowest BCUT2D eigenvalue weighted by atomic mass is 9.99. The van der Waals surface area contributed by atoms with Crippen LogP contribution in [0.25, 0.3) is 0 Å². The normalized spacial score (nSPS) is 12.3. The van der Waals surface area contributed by atoms with Crippen LogP contribution in [-0.2, 0) is 9.53 Å². The van der Waals surface area contributed by atoms with Crippen molar-refractivity contribution in [1.82, 2.24) is 0 Å². The second-order valence-corrected chi connectivity index (χ2v) is 8.22. The fraction of sp³-hybridized carbons (Fsp3) is 0.958. The van der Waals surface area contributed by atoms with Gasteiger partial charge in [0.05, 0.1) is 6.61 Å². The third-order valence-corrected chi connectivity index (χ3v) is 5.54. The SMILES string of the molecule is CCCCCC(=O)OCCCCCCCCCCCCCCC(C)CC. The molecule has 0 saturated carbocycles. The van der Waals surface area contributed by atoms with Crippen LogP contribution in [0.15, 0.2) is 0 Å². The van der Waals surface area contributed by atoms with Crippen LogP contribution in [0.1, 0.15) is 136 Å². The Balaban J connectivity index is 3.10. The molecule has 1 unspecified atom stereocenters. The van der Waals surface area contributed by atoms with Gasteiger partial charge < -0.3 is 4.74 Å². The third-order valence-electron chi connectivity index (χ3n) is 5.54. The minimum absolute atomic E-state index is 0.00155. The monoisotopic (exact) mass is 368 g/mol. The number of carbonyl (C=O) groups excluding carboxylic acids is 1. The zero-order valence-electron chi connectivity index (χ0n) is 18.3. The quantitative estimate of drug-likeness (QED) is 0.160. The molecule has 26 heavy (non-hydrogen) atoms. The summed E-state index contributed by atoms with van der Waals surface area (Å²) in [5.41, 5.74) is 0. The first-order valence-electron chi connectivity index (χ1n) is 11.9. The van der Waals surface area contributed by atoms with Crippen LogP contribution in [0.5, 0.6) is 0 Å². The Hall–Kier alpha value is -0.530. The van der Waals surface area contributed by atoms with E-state index in [0.717, 1.165) is 31.6 Å². The van der Waals surface area contributed by atoms with E-state index in [9.17, 15) is 4.79 Å². The topological polar surface area (TPSA) is 26.3 Å². The lowest BCUT2D eigenvalue weighted by Gasteiger charge is -2.07. The highest BCUT2D eigenvalue weighted by atomic mass is 16.5. The molecule has 0 bridgehead atoms. The molecule has 0 radical (unpaired) electrons. The highest BCUT2D eigenvalue weighted by Crippen LogP contribution is 2.15. The number of carbonyl (C=O) groups is 1. The van der Waals surface area contributed by atoms with Gasteiger partial charge in [-0.05, 0) is 18.8 Å². The first kappa shape index (κ1) is 25.5. The molecule has 0 aromatic rings. The maximum absolute atomic E-state index is 11.5. The van der Waals surface area contributed by atoms with Gasteiger partial charge in [-0.15, -0.1) is 0 Å². The van der Waals surface area contributed by atoms with Gasteiger partial charge in [0.1, 0.15) is 0 Å². The molecule has 0 aliphatic heterocycles. The van der Waals surface area contributed by atoms with Crippen molar-refractivity contribution in [1.29, 1.82) is 0 Å². The van der Waals surface area contributed by atoms with E-state index in [1.165, 1.54) is 83.5 Å². The Morgan fingerprint density at radius 3 is 1.69 bits per heavy atom. The number of unbranched alkanes of at least 4 members (excludes halogenated alkanes) is 13. The van der Waals surface area contributed by atoms with Crippen molar-refractivity contribution in [3.63, 3.8) is 0 Å². The van der Waals surface area contributed by atoms with Gasteiger partial charge in [-0.25, -0.2) is 0 Å². The summed E-state index contributed by atoms with van der Waals surface area (Å²) in [5, 5.41) is 0. The van der Waals surface area contributed by atoms with Crippen LogP contribution >= 0.6 is 0 Å². The molecule has 0 aromatic heterocycles. The van der Waals surface area contributed by atoms with Gasteiger partial charge >= 0.3 is 5.97 Å². The third kappa shape index (κ3) is 19.8. The Labute approximate surface area is 164 Å². The van der Waals surface area contributed by atoms with E-state index in [-0.39, 0.29) is 5.97 Å². The summed E-state index contributed by atoms with van der Waals surface area (Å²) in [6.07, 6.45) is 22.9. The molecule has 0 aromatic carbocycles. The van der Waals surface area contributed by atoms with E-state index in [1.807, 2.05) is 0 Å². The molecule has 1 atom stereocenters. The van der Waals surface area contributed by atoms with Crippen LogP contribution in [0.2, 0.25) is 0 Å². The minimum Gasteiger partial charge on any atom is -0.466 e. The van der Waals surface area contributed by atoms with Gasteiger partial charge in [0, 0.05) is 6.42 Å². The maximum Gasteiger partial charge on any atom is 0.305 e. The fourth-order valence-corrected chi connectivity index (χ4v) is 3.34. The average Bonchev–Trinajstić information content (AvgIpc) is 2.64. The standard InChI is InChI=1S/C24H48O2/c1-4-6-17-21-24(25)26-22-19-16-14-12-10-8-7-9-11-13-15-18-20-23(3)5-2/h23H,4-22H2,1-3H3. The summed E-state index contributed by atoms with van der Waals surface area (Å²) in [6.45, 7) is 7.46. The van der Waals surface area contributed by atoms with Crippen molar-refractivity contribution in [2.24, 2.45) is 5.92 Å². The van der Waals surface area contributed by atoms with Gasteiger partial charge in [0.2, 0.25) is 0 Å². The van der Waals surface area contributed by atoms with Gasteiger partial charge in [-0.2, -0.15) is 0 Å². The van der Waals surface area contributed by atoms with E-state index in [2.05, 4.69) is 20.8 Å². The van der Waals surface area contributed by atoms with Gasteiger partial charge in [0.15, 0.2) is 0 Å². The molecule has 0 aliphatic carbocycles. The second kappa shape index (κ2) is 20.8. The summed E-state index contributed by atoms with van der Waals surface area (Å²) in [7, 11) is 0. The summed E-state index contributed by atoms with van der Waals surface area (Å²) >= 11 is 0. The minimum atomic E-state index is -0.00155. The number of hydrogen-bond acceptors (Lipinski definition) is 2. The molecule has 156 valence electrons. The van der Waals surface area contributed by atoms with Crippen LogP contribution < -0.4 is 0 Å². The molecular weight excluding hydrogens is 320 g/mol. The van der Waals surface area contributed by atoms with Crippen molar-refractivity contribution in [3.05, 3.63) is 0 Å². The van der Waals surface area contributed by atoms with Crippen molar-refractivity contribution in [2.75, 3.05) is 6.61 Å². The molecule has 0 saturated heterocycles. The van der Waals surface area contributed by atoms with E-state index in [4.69, 9.17) is 4.74 Å². The molecule has 0 spiro atoms. The maximum atomic E-state index is 11.5. The second-order valence-electron chi connectivity index (χ2n) is 8.22. The van der Waals surface area contributed by atoms with Crippen molar-refractivity contribution >= 4 is 5.97 Å². The Morgan fingerprint density at radius 2 is 1.19 bits per heavy atom. The van der Waals surface area contributed by atoms with Crippen molar-refractivity contribution in [3.8, 4) is 0 Å². The molecule has 2 nitrogen and oxygen atoms in total. The molecule has 0 heterocycles. The number of rotatable bonds is 20. The van der Waals surface area contributed by atoms with Crippen LogP contribution in [0, 0.1) is 5.92 Å². The van der Waals surface area contributed by atoms with Gasteiger partial charge in [-0.3, -0.25) is 4.79 Å². The molecule has 0 N–H and O–H groups in total. The predicted molar refractivity (Wildman–Crippen MR) is 115 cm³/mol. The zero-order valence-corrected chi connectivity index (χ0v) is 18.3. The number of ether oxygens (including phenoxy) is 1. The Kier molecular flexibility index (Phi) is 20.4. The van der Waals surface area contributed by atoms with E-state index < -0.39 is 0 Å².